The molecular formula is C12H17ClFNO. The van der Waals surface area contributed by atoms with Crippen molar-refractivity contribution in [3.8, 4) is 0 Å². The molecule has 0 bridgehead atoms. The summed E-state index contributed by atoms with van der Waals surface area (Å²) in [5.74, 6) is -0.213. The second-order valence-corrected chi connectivity index (χ2v) is 4.79. The van der Waals surface area contributed by atoms with Gasteiger partial charge in [-0.1, -0.05) is 26.0 Å². The molecule has 1 heterocycles. The number of halogens is 2. The third-order valence-corrected chi connectivity index (χ3v) is 2.58. The lowest BCUT2D eigenvalue weighted by Crippen LogP contribution is -2.42. The number of ether oxygens (including phenoxy) is 1. The lowest BCUT2D eigenvalue weighted by molar-refractivity contribution is -0.0595. The second-order valence-electron chi connectivity index (χ2n) is 4.79. The minimum atomic E-state index is -0.213. The Labute approximate surface area is 102 Å². The Morgan fingerprint density at radius 2 is 1.94 bits per heavy atom. The van der Waals surface area contributed by atoms with Crippen LogP contribution >= 0.6 is 12.4 Å². The van der Waals surface area contributed by atoms with Gasteiger partial charge in [0, 0.05) is 12.0 Å². The van der Waals surface area contributed by atoms with Gasteiger partial charge in [0.2, 0.25) is 0 Å². The molecule has 1 fully saturated rings. The number of hydrogen-bond donors (Lipinski definition) is 1. The van der Waals surface area contributed by atoms with Crippen LogP contribution in [-0.4, -0.2) is 13.2 Å². The van der Waals surface area contributed by atoms with Gasteiger partial charge in [0.15, 0.2) is 0 Å². The Morgan fingerprint density at radius 1 is 1.31 bits per heavy atom. The first-order valence-corrected chi connectivity index (χ1v) is 5.17. The fraction of sp³-hybridized carbons (Fsp3) is 0.500. The van der Waals surface area contributed by atoms with E-state index in [1.807, 2.05) is 0 Å². The third-order valence-electron chi connectivity index (χ3n) is 2.58. The van der Waals surface area contributed by atoms with Gasteiger partial charge in [-0.2, -0.15) is 0 Å². The van der Waals surface area contributed by atoms with E-state index in [-0.39, 0.29) is 29.9 Å². The van der Waals surface area contributed by atoms with Crippen LogP contribution in [0.4, 0.5) is 4.39 Å². The molecule has 0 spiro atoms. The summed E-state index contributed by atoms with van der Waals surface area (Å²) in [5.41, 5.74) is 1.16. The Balaban J connectivity index is 0.00000128. The van der Waals surface area contributed by atoms with Crippen LogP contribution in [0.3, 0.4) is 0 Å². The number of nitrogens with one attached hydrogen (secondary N) is 1. The number of hydrogen-bond acceptors (Lipinski definition) is 2. The van der Waals surface area contributed by atoms with E-state index in [1.54, 1.807) is 12.1 Å². The molecule has 0 aliphatic carbocycles. The number of rotatable bonds is 1. The highest BCUT2D eigenvalue weighted by molar-refractivity contribution is 5.85. The van der Waals surface area contributed by atoms with Crippen LogP contribution in [0.5, 0.6) is 0 Å². The molecule has 1 atom stereocenters. The van der Waals surface area contributed by atoms with Gasteiger partial charge in [0.1, 0.15) is 12.0 Å². The maximum Gasteiger partial charge on any atom is 0.134 e. The van der Waals surface area contributed by atoms with E-state index in [4.69, 9.17) is 4.74 Å². The summed E-state index contributed by atoms with van der Waals surface area (Å²) >= 11 is 0. The van der Waals surface area contributed by atoms with Crippen LogP contribution < -0.4 is 5.32 Å². The predicted molar refractivity (Wildman–Crippen MR) is 64.1 cm³/mol. The zero-order chi connectivity index (χ0) is 10.9. The Morgan fingerprint density at radius 3 is 2.44 bits per heavy atom. The maximum absolute atomic E-state index is 12.7. The van der Waals surface area contributed by atoms with Crippen molar-refractivity contribution in [1.29, 1.82) is 0 Å². The van der Waals surface area contributed by atoms with Crippen molar-refractivity contribution in [3.05, 3.63) is 35.6 Å². The van der Waals surface area contributed by atoms with Crippen LogP contribution in [0.1, 0.15) is 25.6 Å². The summed E-state index contributed by atoms with van der Waals surface area (Å²) in [7, 11) is 0. The second kappa shape index (κ2) is 5.13. The minimum Gasteiger partial charge on any atom is -0.358 e. The summed E-state index contributed by atoms with van der Waals surface area (Å²) in [6, 6.07) is 6.43. The van der Waals surface area contributed by atoms with E-state index in [2.05, 4.69) is 19.2 Å². The van der Waals surface area contributed by atoms with Crippen molar-refractivity contribution in [3.63, 3.8) is 0 Å². The Bertz CT molecular complexity index is 329. The molecule has 1 aliphatic rings. The first-order valence-electron chi connectivity index (χ1n) is 5.17. The van der Waals surface area contributed by atoms with Gasteiger partial charge in [-0.05, 0) is 17.7 Å². The third kappa shape index (κ3) is 3.17. The van der Waals surface area contributed by atoms with Crippen LogP contribution in [0.15, 0.2) is 24.3 Å². The van der Waals surface area contributed by atoms with E-state index in [0.717, 1.165) is 18.7 Å². The van der Waals surface area contributed by atoms with Gasteiger partial charge in [-0.3, -0.25) is 5.32 Å². The topological polar surface area (TPSA) is 21.3 Å². The zero-order valence-electron chi connectivity index (χ0n) is 9.50. The standard InChI is InChI=1S/C12H16FNO.ClH/c1-12(2)7-14-11(15-8-12)9-3-5-10(13)6-4-9;/h3-6,11,14H,7-8H2,1-2H3;1H. The van der Waals surface area contributed by atoms with Crippen LogP contribution in [0, 0.1) is 11.2 Å². The van der Waals surface area contributed by atoms with E-state index in [9.17, 15) is 4.39 Å². The molecule has 4 heteroatoms. The highest BCUT2D eigenvalue weighted by Gasteiger charge is 2.27. The highest BCUT2D eigenvalue weighted by atomic mass is 35.5. The summed E-state index contributed by atoms with van der Waals surface area (Å²) in [6.07, 6.45) is -0.0985. The molecule has 1 N–H and O–H groups in total. The predicted octanol–water partition coefficient (Wildman–Crippen LogP) is 2.89. The molecule has 0 amide bonds. The first-order chi connectivity index (χ1) is 7.07. The van der Waals surface area contributed by atoms with E-state index in [1.165, 1.54) is 12.1 Å². The van der Waals surface area contributed by atoms with Gasteiger partial charge in [0.25, 0.3) is 0 Å². The quantitative estimate of drug-likeness (QED) is 0.822. The summed E-state index contributed by atoms with van der Waals surface area (Å²) in [4.78, 5) is 0. The van der Waals surface area contributed by atoms with E-state index >= 15 is 0 Å². The van der Waals surface area contributed by atoms with Crippen LogP contribution in [-0.2, 0) is 4.74 Å². The largest absolute Gasteiger partial charge is 0.358 e. The SMILES string of the molecule is CC1(C)CNC(c2ccc(F)cc2)OC1.Cl. The lowest BCUT2D eigenvalue weighted by Gasteiger charge is -2.35. The van der Waals surface area contributed by atoms with Gasteiger partial charge in [0.05, 0.1) is 6.61 Å². The Hall–Kier alpha value is -0.640. The average Bonchev–Trinajstić information content (AvgIpc) is 2.20. The molecular weight excluding hydrogens is 229 g/mol. The zero-order valence-corrected chi connectivity index (χ0v) is 10.3. The minimum absolute atomic E-state index is 0. The molecule has 1 saturated heterocycles. The van der Waals surface area contributed by atoms with Gasteiger partial charge in [-0.15, -0.1) is 12.4 Å². The highest BCUT2D eigenvalue weighted by Crippen LogP contribution is 2.26. The van der Waals surface area contributed by atoms with Gasteiger partial charge >= 0.3 is 0 Å². The fourth-order valence-electron chi connectivity index (χ4n) is 1.64. The molecule has 90 valence electrons. The fourth-order valence-corrected chi connectivity index (χ4v) is 1.64. The molecule has 1 unspecified atom stereocenters. The van der Waals surface area contributed by atoms with Crippen molar-refractivity contribution < 1.29 is 9.13 Å². The molecule has 16 heavy (non-hydrogen) atoms. The van der Waals surface area contributed by atoms with Gasteiger partial charge in [-0.25, -0.2) is 4.39 Å². The van der Waals surface area contributed by atoms with Crippen molar-refractivity contribution in [2.24, 2.45) is 5.41 Å². The molecule has 1 aromatic rings. The van der Waals surface area contributed by atoms with E-state index < -0.39 is 0 Å². The summed E-state index contributed by atoms with van der Waals surface area (Å²) in [6.45, 7) is 5.94. The van der Waals surface area contributed by atoms with Crippen molar-refractivity contribution in [2.75, 3.05) is 13.2 Å². The lowest BCUT2D eigenvalue weighted by atomic mass is 9.93. The maximum atomic E-state index is 12.7. The molecule has 1 aromatic carbocycles. The monoisotopic (exact) mass is 245 g/mol. The normalized spacial score (nSPS) is 23.6. The van der Waals surface area contributed by atoms with Gasteiger partial charge < -0.3 is 4.74 Å². The first kappa shape index (κ1) is 13.4. The van der Waals surface area contributed by atoms with Crippen molar-refractivity contribution >= 4 is 12.4 Å². The summed E-state index contributed by atoms with van der Waals surface area (Å²) < 4.78 is 18.4. The Kier molecular flexibility index (Phi) is 4.30. The molecule has 1 aliphatic heterocycles. The average molecular weight is 246 g/mol. The molecule has 0 aromatic heterocycles. The summed E-state index contributed by atoms with van der Waals surface area (Å²) in [5, 5.41) is 3.30. The van der Waals surface area contributed by atoms with Crippen LogP contribution in [0.25, 0.3) is 0 Å². The van der Waals surface area contributed by atoms with Crippen LogP contribution in [0.2, 0.25) is 0 Å². The molecule has 0 radical (unpaired) electrons. The van der Waals surface area contributed by atoms with Crippen molar-refractivity contribution in [2.45, 2.75) is 20.1 Å². The smallest absolute Gasteiger partial charge is 0.134 e. The molecule has 2 rings (SSSR count). The number of benzene rings is 1. The van der Waals surface area contributed by atoms with E-state index in [0.29, 0.717) is 0 Å². The molecule has 0 saturated carbocycles. The molecule has 2 nitrogen and oxygen atoms in total. The van der Waals surface area contributed by atoms with Crippen molar-refractivity contribution in [1.82, 2.24) is 5.32 Å².